The predicted octanol–water partition coefficient (Wildman–Crippen LogP) is 3.72. The van der Waals surface area contributed by atoms with Gasteiger partial charge in [0.05, 0.1) is 21.5 Å². The number of nitrogens with zero attached hydrogens (tertiary/aromatic N) is 5. The highest BCUT2D eigenvalue weighted by atomic mass is 32.2. The molecule has 5 rings (SSSR count). The number of benzene rings is 1. The Balaban J connectivity index is 1.61. The number of aryl methyl sites for hydroxylation is 1. The fraction of sp³-hybridized carbons (Fsp3) is 0.552. The Morgan fingerprint density at radius 1 is 1.05 bits per heavy atom. The highest BCUT2D eigenvalue weighted by Gasteiger charge is 2.53. The highest BCUT2D eigenvalue weighted by molar-refractivity contribution is 7.90. The molecule has 2 fully saturated rings. The third kappa shape index (κ3) is 5.38. The first-order valence-electron chi connectivity index (χ1n) is 14.2. The Hall–Kier alpha value is -3.16. The van der Waals surface area contributed by atoms with Crippen LogP contribution in [-0.2, 0) is 24.1 Å². The van der Waals surface area contributed by atoms with Crippen molar-refractivity contribution in [2.45, 2.75) is 90.1 Å². The van der Waals surface area contributed by atoms with E-state index in [0.717, 1.165) is 5.56 Å². The Morgan fingerprint density at radius 3 is 2.24 bits per heavy atom. The molecule has 0 N–H and O–H groups in total. The molecule has 1 amide bonds. The maximum atomic E-state index is 14.0. The van der Waals surface area contributed by atoms with Gasteiger partial charge in [-0.1, -0.05) is 17.7 Å². The van der Waals surface area contributed by atoms with Gasteiger partial charge in [0.1, 0.15) is 17.7 Å². The fourth-order valence-electron chi connectivity index (χ4n) is 5.18. The van der Waals surface area contributed by atoms with E-state index in [4.69, 9.17) is 14.0 Å². The van der Waals surface area contributed by atoms with Gasteiger partial charge in [0.25, 0.3) is 10.0 Å². The van der Waals surface area contributed by atoms with Crippen molar-refractivity contribution in [1.82, 2.24) is 18.8 Å². The largest absolute Gasteiger partial charge is 0.497 e. The summed E-state index contributed by atoms with van der Waals surface area (Å²) in [4.78, 5) is 25.8. The second-order valence-electron chi connectivity index (χ2n) is 13.2. The van der Waals surface area contributed by atoms with Crippen LogP contribution in [0, 0.1) is 6.92 Å². The van der Waals surface area contributed by atoms with Gasteiger partial charge in [0, 0.05) is 37.3 Å². The minimum Gasteiger partial charge on any atom is -0.444 e. The Labute approximate surface area is 248 Å². The summed E-state index contributed by atoms with van der Waals surface area (Å²) in [5.41, 5.74) is -0.189. The van der Waals surface area contributed by atoms with Crippen LogP contribution in [-0.4, -0.2) is 82.9 Å². The second-order valence-corrected chi connectivity index (χ2v) is 15.0. The fourth-order valence-corrected chi connectivity index (χ4v) is 6.51. The molecule has 3 aromatic rings. The summed E-state index contributed by atoms with van der Waals surface area (Å²) >= 11 is 0. The van der Waals surface area contributed by atoms with Crippen LogP contribution >= 0.6 is 0 Å². The molecule has 2 aliphatic rings. The zero-order chi connectivity index (χ0) is 30.8. The first-order chi connectivity index (χ1) is 19.4. The summed E-state index contributed by atoms with van der Waals surface area (Å²) in [7, 11) is -4.87. The number of rotatable bonds is 4. The van der Waals surface area contributed by atoms with Crippen LogP contribution in [0.3, 0.4) is 0 Å². The van der Waals surface area contributed by atoms with E-state index in [0.29, 0.717) is 36.3 Å². The summed E-state index contributed by atoms with van der Waals surface area (Å²) in [5, 5.41) is 0.532. The molecule has 1 atom stereocenters. The number of carbonyl (C=O) groups is 1. The van der Waals surface area contributed by atoms with Crippen molar-refractivity contribution in [3.8, 4) is 0 Å². The van der Waals surface area contributed by atoms with Crippen molar-refractivity contribution in [3.63, 3.8) is 0 Å². The third-order valence-corrected chi connectivity index (χ3v) is 9.86. The van der Waals surface area contributed by atoms with Gasteiger partial charge >= 0.3 is 13.2 Å². The smallest absolute Gasteiger partial charge is 0.444 e. The first kappa shape index (κ1) is 30.3. The van der Waals surface area contributed by atoms with Crippen molar-refractivity contribution in [1.29, 1.82) is 0 Å². The van der Waals surface area contributed by atoms with E-state index < -0.39 is 33.9 Å². The molecule has 2 aromatic heterocycles. The van der Waals surface area contributed by atoms with Gasteiger partial charge in [0.2, 0.25) is 0 Å². The summed E-state index contributed by atoms with van der Waals surface area (Å²) in [6.07, 6.45) is 2.55. The number of fused-ring (bicyclic) bond motifs is 1. The Bertz CT molecular complexity index is 1600. The zero-order valence-corrected chi connectivity index (χ0v) is 26.7. The van der Waals surface area contributed by atoms with E-state index in [2.05, 4.69) is 14.9 Å². The molecular formula is C29H40BN5O6S. The molecule has 1 aromatic carbocycles. The van der Waals surface area contributed by atoms with Crippen LogP contribution in [0.4, 0.5) is 10.6 Å². The average Bonchev–Trinajstić information content (AvgIpc) is 3.37. The molecule has 0 bridgehead atoms. The van der Waals surface area contributed by atoms with Crippen LogP contribution in [0.2, 0.25) is 0 Å². The maximum absolute atomic E-state index is 14.0. The summed E-state index contributed by atoms with van der Waals surface area (Å²) < 4.78 is 47.5. The van der Waals surface area contributed by atoms with E-state index in [-0.39, 0.29) is 22.7 Å². The van der Waals surface area contributed by atoms with Gasteiger partial charge in [-0.3, -0.25) is 0 Å². The van der Waals surface area contributed by atoms with E-state index in [1.54, 1.807) is 35.4 Å². The number of anilines is 1. The number of ether oxygens (including phenoxy) is 1. The number of piperazine rings is 1. The Kier molecular flexibility index (Phi) is 7.39. The lowest BCUT2D eigenvalue weighted by Gasteiger charge is -2.41. The first-order valence-corrected chi connectivity index (χ1v) is 15.6. The van der Waals surface area contributed by atoms with E-state index in [1.165, 1.54) is 10.3 Å². The van der Waals surface area contributed by atoms with Crippen molar-refractivity contribution in [2.24, 2.45) is 0 Å². The molecule has 0 spiro atoms. The standard InChI is InChI=1S/C29H40BN5O6S/c1-19-10-12-21(13-11-19)42(37,38)35-17-22(30-40-28(6,7)29(8,9)41-30)23-24(31-18-32-25(23)35)34-15-14-33(16-20(34)2)26(36)39-27(3,4)5/h10-13,17-18,20H,14-16H2,1-9H3/t20-/m0/s1. The van der Waals surface area contributed by atoms with Gasteiger partial charge in [-0.15, -0.1) is 0 Å². The molecule has 13 heteroatoms. The number of hydrogen-bond acceptors (Lipinski definition) is 9. The van der Waals surface area contributed by atoms with Crippen LogP contribution in [0.25, 0.3) is 11.0 Å². The van der Waals surface area contributed by atoms with Gasteiger partial charge in [-0.05, 0) is 74.4 Å². The van der Waals surface area contributed by atoms with Crippen LogP contribution < -0.4 is 10.4 Å². The molecule has 0 radical (unpaired) electrons. The number of aromatic nitrogens is 3. The van der Waals surface area contributed by atoms with Crippen LogP contribution in [0.15, 0.2) is 41.7 Å². The number of amides is 1. The lowest BCUT2D eigenvalue weighted by atomic mass is 9.79. The van der Waals surface area contributed by atoms with Crippen LogP contribution in [0.1, 0.15) is 61.0 Å². The minimum absolute atomic E-state index is 0.143. The van der Waals surface area contributed by atoms with Gasteiger partial charge in [0.15, 0.2) is 5.65 Å². The average molecular weight is 598 g/mol. The topological polar surface area (TPSA) is 116 Å². The second kappa shape index (κ2) is 10.2. The SMILES string of the molecule is Cc1ccc(S(=O)(=O)n2cc(B3OC(C)(C)C(C)(C)O3)c3c(N4CCN(C(=O)OC(C)(C)C)C[C@@H]4C)ncnc32)cc1. The molecule has 42 heavy (non-hydrogen) atoms. The van der Waals surface area contributed by atoms with Gasteiger partial charge in [-0.2, -0.15) is 0 Å². The van der Waals surface area contributed by atoms with E-state index >= 15 is 0 Å². The van der Waals surface area contributed by atoms with E-state index in [9.17, 15) is 13.2 Å². The molecule has 2 saturated heterocycles. The molecule has 226 valence electrons. The predicted molar refractivity (Wildman–Crippen MR) is 162 cm³/mol. The lowest BCUT2D eigenvalue weighted by Crippen LogP contribution is -2.55. The zero-order valence-electron chi connectivity index (χ0n) is 25.8. The molecule has 4 heterocycles. The molecule has 11 nitrogen and oxygen atoms in total. The van der Waals surface area contributed by atoms with Crippen molar-refractivity contribution >= 4 is 45.5 Å². The Morgan fingerprint density at radius 2 is 1.67 bits per heavy atom. The van der Waals surface area contributed by atoms with Crippen molar-refractivity contribution in [3.05, 3.63) is 42.4 Å². The van der Waals surface area contributed by atoms with E-state index in [1.807, 2.05) is 62.3 Å². The summed E-state index contributed by atoms with van der Waals surface area (Å²) in [5.74, 6) is 0.555. The molecule has 0 saturated carbocycles. The number of carbonyl (C=O) groups excluding carboxylic acids is 1. The highest BCUT2D eigenvalue weighted by Crippen LogP contribution is 2.38. The quantitative estimate of drug-likeness (QED) is 0.415. The molecule has 0 unspecified atom stereocenters. The summed E-state index contributed by atoms with van der Waals surface area (Å²) in [6.45, 7) is 18.5. The minimum atomic E-state index is -4.02. The van der Waals surface area contributed by atoms with Gasteiger partial charge < -0.3 is 23.8 Å². The van der Waals surface area contributed by atoms with Crippen LogP contribution in [0.5, 0.6) is 0 Å². The maximum Gasteiger partial charge on any atom is 0.497 e. The normalized spacial score (nSPS) is 20.8. The monoisotopic (exact) mass is 597 g/mol. The van der Waals surface area contributed by atoms with Crippen molar-refractivity contribution in [2.75, 3.05) is 24.5 Å². The van der Waals surface area contributed by atoms with Gasteiger partial charge in [-0.25, -0.2) is 27.2 Å². The lowest BCUT2D eigenvalue weighted by molar-refractivity contribution is 0.00578. The third-order valence-electron chi connectivity index (χ3n) is 8.20. The molecule has 2 aliphatic heterocycles. The van der Waals surface area contributed by atoms with Crippen molar-refractivity contribution < 1.29 is 27.3 Å². The molecular weight excluding hydrogens is 557 g/mol. The number of hydrogen-bond donors (Lipinski definition) is 0. The summed E-state index contributed by atoms with van der Waals surface area (Å²) in [6, 6.07) is 6.56. The molecule has 0 aliphatic carbocycles.